The molecule has 1 aromatic carbocycles. The Morgan fingerprint density at radius 2 is 1.94 bits per heavy atom. The van der Waals surface area contributed by atoms with E-state index < -0.39 is 24.2 Å². The molecule has 0 saturated heterocycles. The smallest absolute Gasteiger partial charge is 0.479 e. The molecule has 1 rings (SSSR count). The molecule has 0 bridgehead atoms. The molecule has 1 unspecified atom stereocenters. The molecule has 0 spiro atoms. The minimum absolute atomic E-state index is 0.0124. The highest BCUT2D eigenvalue weighted by atomic mass is 19.4. The number of hydrogen-bond donors (Lipinski definition) is 1. The zero-order chi connectivity index (χ0) is 13.1. The van der Waals surface area contributed by atoms with Crippen molar-refractivity contribution < 1.29 is 32.5 Å². The van der Waals surface area contributed by atoms with E-state index in [1.165, 1.54) is 19.1 Å². The van der Waals surface area contributed by atoms with E-state index in [4.69, 9.17) is 9.84 Å². The van der Waals surface area contributed by atoms with Gasteiger partial charge in [0.15, 0.2) is 6.10 Å². The lowest BCUT2D eigenvalue weighted by atomic mass is 10.3. The number of carbonyl (C=O) groups is 1. The zero-order valence-electron chi connectivity index (χ0n) is 8.69. The summed E-state index contributed by atoms with van der Waals surface area (Å²) in [5.74, 6) is -1.69. The molecule has 4 nitrogen and oxygen atoms in total. The number of rotatable bonds is 4. The van der Waals surface area contributed by atoms with Crippen LogP contribution in [0, 0.1) is 0 Å². The minimum Gasteiger partial charge on any atom is -0.479 e. The summed E-state index contributed by atoms with van der Waals surface area (Å²) in [5.41, 5.74) is 0. The first kappa shape index (κ1) is 13.1. The molecular weight excluding hydrogens is 241 g/mol. The van der Waals surface area contributed by atoms with Gasteiger partial charge in [-0.3, -0.25) is 0 Å². The van der Waals surface area contributed by atoms with Crippen molar-refractivity contribution in [1.82, 2.24) is 0 Å². The van der Waals surface area contributed by atoms with Gasteiger partial charge in [0.25, 0.3) is 0 Å². The van der Waals surface area contributed by atoms with Crippen LogP contribution in [0.3, 0.4) is 0 Å². The van der Waals surface area contributed by atoms with E-state index in [9.17, 15) is 18.0 Å². The molecule has 0 heterocycles. The quantitative estimate of drug-likeness (QED) is 0.891. The number of benzene rings is 1. The minimum atomic E-state index is -4.79. The summed E-state index contributed by atoms with van der Waals surface area (Å²) < 4.78 is 44.3. The molecule has 7 heteroatoms. The van der Waals surface area contributed by atoms with Crippen molar-refractivity contribution in [3.8, 4) is 11.5 Å². The van der Waals surface area contributed by atoms with Gasteiger partial charge in [0.2, 0.25) is 0 Å². The average molecular weight is 250 g/mol. The van der Waals surface area contributed by atoms with Gasteiger partial charge in [0, 0.05) is 6.07 Å². The number of ether oxygens (including phenoxy) is 2. The number of carboxylic acid groups (broad SMARTS) is 1. The van der Waals surface area contributed by atoms with Crippen LogP contribution in [0.15, 0.2) is 24.3 Å². The Morgan fingerprint density at radius 3 is 2.47 bits per heavy atom. The molecule has 0 amide bonds. The average Bonchev–Trinajstić information content (AvgIpc) is 2.15. The molecule has 0 saturated carbocycles. The van der Waals surface area contributed by atoms with Crippen LogP contribution in [-0.4, -0.2) is 23.5 Å². The maximum atomic E-state index is 11.9. The van der Waals surface area contributed by atoms with E-state index in [0.717, 1.165) is 12.1 Å². The van der Waals surface area contributed by atoms with Crippen molar-refractivity contribution in [2.45, 2.75) is 19.4 Å². The number of aliphatic carboxylic acids is 1. The van der Waals surface area contributed by atoms with Crippen molar-refractivity contribution >= 4 is 5.97 Å². The fourth-order valence-corrected chi connectivity index (χ4v) is 0.999. The van der Waals surface area contributed by atoms with Gasteiger partial charge >= 0.3 is 12.3 Å². The second-order valence-electron chi connectivity index (χ2n) is 3.12. The van der Waals surface area contributed by atoms with E-state index in [1.54, 1.807) is 0 Å². The van der Waals surface area contributed by atoms with Gasteiger partial charge in [-0.2, -0.15) is 0 Å². The topological polar surface area (TPSA) is 55.8 Å². The zero-order valence-corrected chi connectivity index (χ0v) is 8.69. The third-order valence-corrected chi connectivity index (χ3v) is 1.70. The Balaban J connectivity index is 2.76. The third kappa shape index (κ3) is 4.62. The largest absolute Gasteiger partial charge is 0.573 e. The van der Waals surface area contributed by atoms with Crippen LogP contribution in [0.25, 0.3) is 0 Å². The summed E-state index contributed by atoms with van der Waals surface area (Å²) in [5, 5.41) is 8.56. The van der Waals surface area contributed by atoms with Gasteiger partial charge in [0.1, 0.15) is 11.5 Å². The number of carboxylic acids is 1. The molecule has 1 aromatic rings. The van der Waals surface area contributed by atoms with Crippen molar-refractivity contribution in [2.75, 3.05) is 0 Å². The Bertz CT molecular complexity index is 403. The van der Waals surface area contributed by atoms with Crippen LogP contribution in [0.4, 0.5) is 13.2 Å². The highest BCUT2D eigenvalue weighted by molar-refractivity contribution is 5.72. The van der Waals surface area contributed by atoms with E-state index in [-0.39, 0.29) is 5.75 Å². The van der Waals surface area contributed by atoms with Gasteiger partial charge in [0.05, 0.1) is 0 Å². The summed E-state index contributed by atoms with van der Waals surface area (Å²) in [6.07, 6.45) is -5.95. The highest BCUT2D eigenvalue weighted by Crippen LogP contribution is 2.26. The molecule has 17 heavy (non-hydrogen) atoms. The summed E-state index contributed by atoms with van der Waals surface area (Å²) in [4.78, 5) is 10.5. The summed E-state index contributed by atoms with van der Waals surface area (Å²) in [7, 11) is 0. The van der Waals surface area contributed by atoms with E-state index in [1.807, 2.05) is 0 Å². The Hall–Kier alpha value is -1.92. The van der Waals surface area contributed by atoms with Crippen molar-refractivity contribution in [3.63, 3.8) is 0 Å². The molecule has 0 fully saturated rings. The predicted molar refractivity (Wildman–Crippen MR) is 50.9 cm³/mol. The standard InChI is InChI=1S/C10H9F3O4/c1-6(9(14)15)16-7-3-2-4-8(5-7)17-10(11,12)13/h2-6H,1H3,(H,14,15). The second-order valence-corrected chi connectivity index (χ2v) is 3.12. The van der Waals surface area contributed by atoms with Gasteiger partial charge in [-0.1, -0.05) is 6.07 Å². The van der Waals surface area contributed by atoms with Crippen LogP contribution in [0.5, 0.6) is 11.5 Å². The SMILES string of the molecule is CC(Oc1cccc(OC(F)(F)F)c1)C(=O)O. The molecular formula is C10H9F3O4. The van der Waals surface area contributed by atoms with Crippen LogP contribution in [0.2, 0.25) is 0 Å². The number of halogens is 3. The number of hydrogen-bond acceptors (Lipinski definition) is 3. The second kappa shape index (κ2) is 4.94. The molecule has 0 aliphatic heterocycles. The lowest BCUT2D eigenvalue weighted by molar-refractivity contribution is -0.274. The number of alkyl halides is 3. The summed E-state index contributed by atoms with van der Waals surface area (Å²) >= 11 is 0. The third-order valence-electron chi connectivity index (χ3n) is 1.70. The fourth-order valence-electron chi connectivity index (χ4n) is 0.999. The van der Waals surface area contributed by atoms with Crippen LogP contribution >= 0.6 is 0 Å². The first-order valence-corrected chi connectivity index (χ1v) is 4.53. The van der Waals surface area contributed by atoms with E-state index >= 15 is 0 Å². The molecule has 0 radical (unpaired) electrons. The monoisotopic (exact) mass is 250 g/mol. The molecule has 0 aliphatic rings. The molecule has 1 atom stereocenters. The normalized spacial score (nSPS) is 12.9. The Morgan fingerprint density at radius 1 is 1.35 bits per heavy atom. The molecule has 1 N–H and O–H groups in total. The van der Waals surface area contributed by atoms with E-state index in [0.29, 0.717) is 0 Å². The first-order chi connectivity index (χ1) is 7.78. The maximum absolute atomic E-state index is 11.9. The fraction of sp³-hybridized carbons (Fsp3) is 0.300. The maximum Gasteiger partial charge on any atom is 0.573 e. The predicted octanol–water partition coefficient (Wildman–Crippen LogP) is 2.44. The first-order valence-electron chi connectivity index (χ1n) is 4.53. The lowest BCUT2D eigenvalue weighted by Crippen LogP contribution is -2.23. The molecule has 0 aliphatic carbocycles. The van der Waals surface area contributed by atoms with Crippen LogP contribution in [0.1, 0.15) is 6.92 Å². The summed E-state index contributed by atoms with van der Waals surface area (Å²) in [6, 6.07) is 4.66. The van der Waals surface area contributed by atoms with Crippen molar-refractivity contribution in [2.24, 2.45) is 0 Å². The van der Waals surface area contributed by atoms with Gasteiger partial charge in [-0.15, -0.1) is 13.2 Å². The van der Waals surface area contributed by atoms with Gasteiger partial charge in [-0.25, -0.2) is 4.79 Å². The van der Waals surface area contributed by atoms with E-state index in [2.05, 4.69) is 4.74 Å². The lowest BCUT2D eigenvalue weighted by Gasteiger charge is -2.12. The van der Waals surface area contributed by atoms with Gasteiger partial charge < -0.3 is 14.6 Å². The van der Waals surface area contributed by atoms with Crippen molar-refractivity contribution in [1.29, 1.82) is 0 Å². The highest BCUT2D eigenvalue weighted by Gasteiger charge is 2.31. The van der Waals surface area contributed by atoms with Crippen LogP contribution in [-0.2, 0) is 4.79 Å². The van der Waals surface area contributed by atoms with Gasteiger partial charge in [-0.05, 0) is 19.1 Å². The van der Waals surface area contributed by atoms with Crippen LogP contribution < -0.4 is 9.47 Å². The molecule has 94 valence electrons. The Kier molecular flexibility index (Phi) is 3.82. The summed E-state index contributed by atoms with van der Waals surface area (Å²) in [6.45, 7) is 1.26. The molecule has 0 aromatic heterocycles. The Labute approximate surface area is 94.6 Å². The van der Waals surface area contributed by atoms with Crippen molar-refractivity contribution in [3.05, 3.63) is 24.3 Å².